The van der Waals surface area contributed by atoms with Crippen LogP contribution in [0.4, 0.5) is 0 Å². The molecule has 2 rings (SSSR count). The van der Waals surface area contributed by atoms with Crippen LogP contribution >= 0.6 is 0 Å². The van der Waals surface area contributed by atoms with Gasteiger partial charge in [0.15, 0.2) is 0 Å². The molecule has 28 heavy (non-hydrogen) atoms. The van der Waals surface area contributed by atoms with Crippen molar-refractivity contribution in [2.75, 3.05) is 0 Å². The summed E-state index contributed by atoms with van der Waals surface area (Å²) in [4.78, 5) is 0. The summed E-state index contributed by atoms with van der Waals surface area (Å²) in [5.74, 6) is 1.74. The number of nitrogens with one attached hydrogen (secondary N) is 1. The molecule has 0 heterocycles. The van der Waals surface area contributed by atoms with E-state index in [-0.39, 0.29) is 0 Å². The zero-order valence-electron chi connectivity index (χ0n) is 16.1. The van der Waals surface area contributed by atoms with Gasteiger partial charge in [0.05, 0.1) is 0 Å². The van der Waals surface area contributed by atoms with E-state index in [1.807, 2.05) is 48.5 Å². The van der Waals surface area contributed by atoms with Crippen molar-refractivity contribution in [2.45, 2.75) is 33.0 Å². The first-order chi connectivity index (χ1) is 13.5. The van der Waals surface area contributed by atoms with Crippen LogP contribution in [0.25, 0.3) is 0 Å². The van der Waals surface area contributed by atoms with Crippen LogP contribution in [0.3, 0.4) is 0 Å². The van der Waals surface area contributed by atoms with Crippen molar-refractivity contribution >= 4 is 14.2 Å². The summed E-state index contributed by atoms with van der Waals surface area (Å²) >= 11 is 0. The second kappa shape index (κ2) is 16.7. The Bertz CT molecular complexity index is 730. The van der Waals surface area contributed by atoms with E-state index in [0.29, 0.717) is 33.3 Å². The van der Waals surface area contributed by atoms with Crippen molar-refractivity contribution in [3.05, 3.63) is 70.8 Å². The molecule has 0 saturated carbocycles. The molecule has 0 spiro atoms. The Labute approximate surface area is 167 Å². The van der Waals surface area contributed by atoms with Gasteiger partial charge in [-0.2, -0.15) is 0 Å². The number of nitrogens with two attached hydrogens (primary N) is 3. The van der Waals surface area contributed by atoms with Crippen LogP contribution in [-0.2, 0) is 30.9 Å². The number of aliphatic hydroxyl groups is 1. The van der Waals surface area contributed by atoms with Crippen LogP contribution in [0.5, 0.6) is 0 Å². The molecule has 2 aromatic rings. The molecule has 0 radical (unpaired) electrons. The number of benzene rings is 2. The summed E-state index contributed by atoms with van der Waals surface area (Å²) in [5.41, 5.74) is 20.9. The Morgan fingerprint density at radius 2 is 1.39 bits per heavy atom. The minimum atomic E-state index is -0.471. The third-order valence-electron chi connectivity index (χ3n) is 3.41. The first kappa shape index (κ1) is 25.5. The third kappa shape index (κ3) is 12.8. The van der Waals surface area contributed by atoms with Crippen molar-refractivity contribution in [3.8, 4) is 11.9 Å². The number of aliphatic hydroxyl groups excluding tert-OH is 1. The van der Waals surface area contributed by atoms with Gasteiger partial charge in [-0.1, -0.05) is 48.5 Å². The number of hydrogen-bond acceptors (Lipinski definition) is 7. The molecule has 9 heteroatoms. The normalized spacial score (nSPS) is 8.75. The summed E-state index contributed by atoms with van der Waals surface area (Å²) in [6.45, 7) is 4.11. The molecule has 0 aliphatic heterocycles. The second-order valence-corrected chi connectivity index (χ2v) is 5.68. The van der Waals surface area contributed by atoms with Crippen molar-refractivity contribution in [2.24, 2.45) is 17.2 Å². The Morgan fingerprint density at radius 1 is 0.964 bits per heavy atom. The van der Waals surface area contributed by atoms with Gasteiger partial charge in [-0.3, -0.25) is 0 Å². The maximum atomic E-state index is 9.07. The predicted octanol–water partition coefficient (Wildman–Crippen LogP) is 0.276. The van der Waals surface area contributed by atoms with Crippen LogP contribution in [0.15, 0.2) is 48.5 Å². The Kier molecular flexibility index (Phi) is 15.2. The molecule has 0 aromatic heterocycles. The molecule has 0 saturated heterocycles. The summed E-state index contributed by atoms with van der Waals surface area (Å²) in [6, 6.07) is 16.0. The molecule has 9 N–H and O–H groups in total. The van der Waals surface area contributed by atoms with E-state index >= 15 is 0 Å². The molecule has 7 nitrogen and oxygen atoms in total. The average molecular weight is 382 g/mol. The molecule has 0 unspecified atom stereocenters. The monoisotopic (exact) mass is 382 g/mol. The molecule has 0 amide bonds. The number of rotatable bonds is 6. The molecule has 0 atom stereocenters. The maximum absolute atomic E-state index is 9.07. The molecule has 0 fully saturated rings. The molecule has 2 aromatic carbocycles. The fourth-order valence-electron chi connectivity index (χ4n) is 2.04. The Hall–Kier alpha value is -2.47. The van der Waals surface area contributed by atoms with E-state index in [2.05, 4.69) is 5.23 Å². The van der Waals surface area contributed by atoms with E-state index in [1.54, 1.807) is 12.6 Å². The van der Waals surface area contributed by atoms with Gasteiger partial charge in [0, 0.05) is 26.2 Å². The van der Waals surface area contributed by atoms with Crippen LogP contribution in [0, 0.1) is 11.9 Å². The summed E-state index contributed by atoms with van der Waals surface area (Å²) in [7, 11) is -0.151. The quantitative estimate of drug-likeness (QED) is 0.311. The second-order valence-electron chi connectivity index (χ2n) is 5.68. The Balaban J connectivity index is 0.000000431. The fraction of sp³-hybridized carbons (Fsp3) is 0.263. The predicted molar refractivity (Wildman–Crippen MR) is 113 cm³/mol. The van der Waals surface area contributed by atoms with Crippen molar-refractivity contribution in [1.82, 2.24) is 5.23 Å². The van der Waals surface area contributed by atoms with Gasteiger partial charge in [0.1, 0.15) is 0 Å². The standard InChI is InChI=1S/C9H15BN2O.C8H12N2.C2HBO2/c1-10(13)12-7-9-4-2-3-8(5-9)6-11;9-5-7-2-1-3-8(4-7)6-10;4-2-1-3-5/h2-5,12-13H,6-7,11H2,1H3;1-4H,5-6,9-10H2;4H. The van der Waals surface area contributed by atoms with Crippen LogP contribution < -0.4 is 22.4 Å². The molecule has 0 aliphatic carbocycles. The number of hydrogen-bond donors (Lipinski definition) is 6. The summed E-state index contributed by atoms with van der Waals surface area (Å²) in [5, 5.41) is 19.4. The van der Waals surface area contributed by atoms with Gasteiger partial charge in [0.25, 0.3) is 0 Å². The Morgan fingerprint density at radius 3 is 1.71 bits per heavy atom. The van der Waals surface area contributed by atoms with Crippen LogP contribution in [0.1, 0.15) is 22.3 Å². The van der Waals surface area contributed by atoms with E-state index < -0.39 is 7.05 Å². The molecule has 0 aliphatic rings. The van der Waals surface area contributed by atoms with E-state index in [4.69, 9.17) is 32.0 Å². The zero-order valence-corrected chi connectivity index (χ0v) is 16.1. The van der Waals surface area contributed by atoms with E-state index in [0.717, 1.165) is 22.3 Å². The molecular weight excluding hydrogens is 354 g/mol. The van der Waals surface area contributed by atoms with E-state index in [9.17, 15) is 0 Å². The average Bonchev–Trinajstić information content (AvgIpc) is 2.74. The van der Waals surface area contributed by atoms with Gasteiger partial charge < -0.3 is 27.5 Å². The third-order valence-corrected chi connectivity index (χ3v) is 3.41. The van der Waals surface area contributed by atoms with Crippen molar-refractivity contribution in [3.63, 3.8) is 0 Å². The van der Waals surface area contributed by atoms with Gasteiger partial charge in [0.2, 0.25) is 0 Å². The first-order valence-corrected chi connectivity index (χ1v) is 8.76. The van der Waals surface area contributed by atoms with Gasteiger partial charge >= 0.3 is 35.9 Å². The van der Waals surface area contributed by atoms with Gasteiger partial charge in [-0.05, 0) is 29.1 Å². The topological polar surface area (TPSA) is 148 Å². The fourth-order valence-corrected chi connectivity index (χ4v) is 2.04. The van der Waals surface area contributed by atoms with Gasteiger partial charge in [-0.15, -0.1) is 0 Å². The van der Waals surface area contributed by atoms with Crippen LogP contribution in [0.2, 0.25) is 6.82 Å². The first-order valence-electron chi connectivity index (χ1n) is 8.76. The SMILES string of the molecule is CB(O)NCc1cccc(CN)c1.NCc1cccc(CN)c1.O=BC#CO. The van der Waals surface area contributed by atoms with Crippen molar-refractivity contribution in [1.29, 1.82) is 0 Å². The zero-order chi connectivity index (χ0) is 21.2. The summed E-state index contributed by atoms with van der Waals surface area (Å²) < 4.78 is 9.07. The molecule has 148 valence electrons. The minimum absolute atomic E-state index is 0.319. The molecular formula is C19H28B2N4O3. The van der Waals surface area contributed by atoms with Crippen molar-refractivity contribution < 1.29 is 14.8 Å². The van der Waals surface area contributed by atoms with E-state index in [1.165, 1.54) is 6.11 Å². The summed E-state index contributed by atoms with van der Waals surface area (Å²) in [6.07, 6.45) is 1.40. The molecule has 0 bridgehead atoms. The van der Waals surface area contributed by atoms with Crippen LogP contribution in [-0.4, -0.2) is 24.3 Å². The van der Waals surface area contributed by atoms with Gasteiger partial charge in [-0.25, -0.2) is 0 Å².